The van der Waals surface area contributed by atoms with Gasteiger partial charge in [-0.25, -0.2) is 0 Å². The first-order valence-corrected chi connectivity index (χ1v) is 7.07. The first-order chi connectivity index (χ1) is 7.63. The molecular formula is C14H30N2. The van der Waals surface area contributed by atoms with E-state index >= 15 is 0 Å². The van der Waals surface area contributed by atoms with Gasteiger partial charge in [-0.2, -0.15) is 0 Å². The van der Waals surface area contributed by atoms with Gasteiger partial charge in [-0.15, -0.1) is 0 Å². The molecule has 0 saturated heterocycles. The number of nitrogens with one attached hydrogen (secondary N) is 1. The number of hydrogen-bond donors (Lipinski definition) is 1. The Balaban J connectivity index is 2.12. The van der Waals surface area contributed by atoms with Crippen LogP contribution in [0.2, 0.25) is 0 Å². The molecule has 0 heterocycles. The van der Waals surface area contributed by atoms with Crippen molar-refractivity contribution in [3.8, 4) is 0 Å². The maximum atomic E-state index is 3.53. The molecule has 1 aliphatic rings. The second kappa shape index (κ2) is 7.29. The van der Waals surface area contributed by atoms with E-state index in [0.29, 0.717) is 6.04 Å². The van der Waals surface area contributed by atoms with E-state index in [4.69, 9.17) is 0 Å². The highest BCUT2D eigenvalue weighted by atomic mass is 15.1. The van der Waals surface area contributed by atoms with Crippen molar-refractivity contribution in [3.63, 3.8) is 0 Å². The fraction of sp³-hybridized carbons (Fsp3) is 1.00. The summed E-state index contributed by atoms with van der Waals surface area (Å²) in [6.07, 6.45) is 7.08. The predicted molar refractivity (Wildman–Crippen MR) is 71.8 cm³/mol. The van der Waals surface area contributed by atoms with Gasteiger partial charge in [0.1, 0.15) is 0 Å². The van der Waals surface area contributed by atoms with Gasteiger partial charge in [0.15, 0.2) is 0 Å². The van der Waals surface area contributed by atoms with Crippen LogP contribution in [0.5, 0.6) is 0 Å². The highest BCUT2D eigenvalue weighted by molar-refractivity contribution is 4.78. The first-order valence-electron chi connectivity index (χ1n) is 7.07. The third kappa shape index (κ3) is 4.84. The van der Waals surface area contributed by atoms with Crippen LogP contribution in [-0.4, -0.2) is 37.1 Å². The second-order valence-corrected chi connectivity index (χ2v) is 5.65. The quantitative estimate of drug-likeness (QED) is 0.749. The van der Waals surface area contributed by atoms with Crippen molar-refractivity contribution in [1.82, 2.24) is 10.2 Å². The number of hydrogen-bond acceptors (Lipinski definition) is 2. The van der Waals surface area contributed by atoms with E-state index in [1.807, 2.05) is 0 Å². The van der Waals surface area contributed by atoms with Crippen LogP contribution in [0.15, 0.2) is 0 Å². The molecule has 0 aromatic carbocycles. The van der Waals surface area contributed by atoms with Crippen LogP contribution in [0.1, 0.15) is 52.9 Å². The summed E-state index contributed by atoms with van der Waals surface area (Å²) in [5, 5.41) is 3.53. The molecule has 1 rings (SSSR count). The molecule has 0 radical (unpaired) electrons. The lowest BCUT2D eigenvalue weighted by Crippen LogP contribution is -2.35. The van der Waals surface area contributed by atoms with Crippen LogP contribution in [0, 0.1) is 5.92 Å². The van der Waals surface area contributed by atoms with E-state index in [-0.39, 0.29) is 0 Å². The Hall–Kier alpha value is -0.0800. The zero-order chi connectivity index (χ0) is 12.0. The lowest BCUT2D eigenvalue weighted by atomic mass is 9.83. The van der Waals surface area contributed by atoms with Gasteiger partial charge in [-0.05, 0) is 58.2 Å². The first kappa shape index (κ1) is 14.0. The molecule has 96 valence electrons. The highest BCUT2D eigenvalue weighted by Gasteiger charge is 2.22. The number of rotatable bonds is 6. The summed E-state index contributed by atoms with van der Waals surface area (Å²) in [4.78, 5) is 2.52. The molecule has 0 amide bonds. The Morgan fingerprint density at radius 3 is 2.31 bits per heavy atom. The molecular weight excluding hydrogens is 196 g/mol. The molecule has 0 aromatic heterocycles. The van der Waals surface area contributed by atoms with Crippen LogP contribution in [0.25, 0.3) is 0 Å². The smallest absolute Gasteiger partial charge is 0.00923 e. The molecule has 2 nitrogen and oxygen atoms in total. The van der Waals surface area contributed by atoms with Gasteiger partial charge < -0.3 is 10.2 Å². The molecule has 0 atom stereocenters. The molecule has 0 aromatic rings. The van der Waals surface area contributed by atoms with Crippen molar-refractivity contribution in [2.75, 3.05) is 20.1 Å². The fourth-order valence-corrected chi connectivity index (χ4v) is 2.71. The van der Waals surface area contributed by atoms with E-state index in [2.05, 4.69) is 38.0 Å². The van der Waals surface area contributed by atoms with Crippen molar-refractivity contribution < 1.29 is 0 Å². The third-order valence-electron chi connectivity index (χ3n) is 4.04. The van der Waals surface area contributed by atoms with Crippen molar-refractivity contribution in [3.05, 3.63) is 0 Å². The molecule has 1 saturated carbocycles. The molecule has 1 aliphatic carbocycles. The van der Waals surface area contributed by atoms with Crippen molar-refractivity contribution in [1.29, 1.82) is 0 Å². The monoisotopic (exact) mass is 226 g/mol. The van der Waals surface area contributed by atoms with Gasteiger partial charge >= 0.3 is 0 Å². The summed E-state index contributed by atoms with van der Waals surface area (Å²) in [6.45, 7) is 9.12. The minimum absolute atomic E-state index is 0.641. The summed E-state index contributed by atoms with van der Waals surface area (Å²) in [5.41, 5.74) is 0. The van der Waals surface area contributed by atoms with Crippen LogP contribution < -0.4 is 5.32 Å². The summed E-state index contributed by atoms with van der Waals surface area (Å²) in [7, 11) is 2.27. The summed E-state index contributed by atoms with van der Waals surface area (Å²) in [5.74, 6) is 0.979. The van der Waals surface area contributed by atoms with Gasteiger partial charge in [-0.1, -0.05) is 20.8 Å². The Morgan fingerprint density at radius 2 is 1.81 bits per heavy atom. The average Bonchev–Trinajstić information content (AvgIpc) is 2.28. The minimum atomic E-state index is 0.641. The normalized spacial score (nSPS) is 26.6. The van der Waals surface area contributed by atoms with Crippen molar-refractivity contribution in [2.45, 2.75) is 65.0 Å². The van der Waals surface area contributed by atoms with Gasteiger partial charge in [-0.3, -0.25) is 0 Å². The molecule has 1 fully saturated rings. The van der Waals surface area contributed by atoms with Gasteiger partial charge in [0.2, 0.25) is 0 Å². The molecule has 16 heavy (non-hydrogen) atoms. The van der Waals surface area contributed by atoms with Gasteiger partial charge in [0.05, 0.1) is 0 Å². The summed E-state index contributed by atoms with van der Waals surface area (Å²) < 4.78 is 0. The summed E-state index contributed by atoms with van der Waals surface area (Å²) in [6, 6.07) is 1.50. The molecule has 0 spiro atoms. The standard InChI is InChI=1S/C14H30N2/c1-5-16(4)14-8-6-13(7-9-14)10-11-15-12(2)3/h12-15H,5-11H2,1-4H3. The van der Waals surface area contributed by atoms with E-state index in [9.17, 15) is 0 Å². The molecule has 0 unspecified atom stereocenters. The van der Waals surface area contributed by atoms with Gasteiger partial charge in [0, 0.05) is 12.1 Å². The third-order valence-corrected chi connectivity index (χ3v) is 4.04. The van der Waals surface area contributed by atoms with E-state index in [1.54, 1.807) is 0 Å². The van der Waals surface area contributed by atoms with E-state index < -0.39 is 0 Å². The van der Waals surface area contributed by atoms with E-state index in [1.165, 1.54) is 45.2 Å². The van der Waals surface area contributed by atoms with Crippen LogP contribution >= 0.6 is 0 Å². The lowest BCUT2D eigenvalue weighted by Gasteiger charge is -2.34. The Kier molecular flexibility index (Phi) is 6.37. The maximum Gasteiger partial charge on any atom is 0.00923 e. The van der Waals surface area contributed by atoms with E-state index in [0.717, 1.165) is 12.0 Å². The lowest BCUT2D eigenvalue weighted by molar-refractivity contribution is 0.167. The Bertz CT molecular complexity index is 172. The highest BCUT2D eigenvalue weighted by Crippen LogP contribution is 2.28. The van der Waals surface area contributed by atoms with Crippen molar-refractivity contribution >= 4 is 0 Å². The SMILES string of the molecule is CCN(C)C1CCC(CCNC(C)C)CC1. The van der Waals surface area contributed by atoms with Gasteiger partial charge in [0.25, 0.3) is 0 Å². The van der Waals surface area contributed by atoms with Crippen LogP contribution in [0.4, 0.5) is 0 Å². The van der Waals surface area contributed by atoms with Crippen LogP contribution in [-0.2, 0) is 0 Å². The minimum Gasteiger partial charge on any atom is -0.315 e. The predicted octanol–water partition coefficient (Wildman–Crippen LogP) is 2.89. The largest absolute Gasteiger partial charge is 0.315 e. The topological polar surface area (TPSA) is 15.3 Å². The maximum absolute atomic E-state index is 3.53. The second-order valence-electron chi connectivity index (χ2n) is 5.65. The molecule has 0 bridgehead atoms. The zero-order valence-corrected chi connectivity index (χ0v) is 11.6. The molecule has 1 N–H and O–H groups in total. The average molecular weight is 226 g/mol. The van der Waals surface area contributed by atoms with Crippen LogP contribution in [0.3, 0.4) is 0 Å². The molecule has 0 aliphatic heterocycles. The van der Waals surface area contributed by atoms with Crippen molar-refractivity contribution in [2.24, 2.45) is 5.92 Å². The fourth-order valence-electron chi connectivity index (χ4n) is 2.71. The summed E-state index contributed by atoms with van der Waals surface area (Å²) >= 11 is 0. The zero-order valence-electron chi connectivity index (χ0n) is 11.6. The Labute approximate surface area is 102 Å². The molecule has 2 heteroatoms. The number of nitrogens with zero attached hydrogens (tertiary/aromatic N) is 1. The Morgan fingerprint density at radius 1 is 1.19 bits per heavy atom.